The van der Waals surface area contributed by atoms with Crippen molar-refractivity contribution >= 4 is 10.2 Å². The summed E-state index contributed by atoms with van der Waals surface area (Å²) in [4.78, 5) is 0. The number of nitrogens with zero attached hydrogens (tertiary/aromatic N) is 2. The van der Waals surface area contributed by atoms with Gasteiger partial charge in [0.25, 0.3) is 10.2 Å². The molecule has 0 saturated carbocycles. The van der Waals surface area contributed by atoms with Crippen molar-refractivity contribution in [1.29, 1.82) is 0 Å². The first-order valence-electron chi connectivity index (χ1n) is 4.23. The third-order valence-corrected chi connectivity index (χ3v) is 4.51. The molecule has 1 heterocycles. The van der Waals surface area contributed by atoms with Crippen LogP contribution in [-0.4, -0.2) is 43.2 Å². The molecule has 0 aromatic carbocycles. The smallest absolute Gasteiger partial charge is 0.195 e. The summed E-state index contributed by atoms with van der Waals surface area (Å²) in [6.45, 7) is 5.19. The molecular weight excluding hydrogens is 176 g/mol. The summed E-state index contributed by atoms with van der Waals surface area (Å²) in [5.41, 5.74) is 0. The second kappa shape index (κ2) is 3.32. The van der Waals surface area contributed by atoms with Gasteiger partial charge in [-0.1, -0.05) is 6.92 Å². The first-order valence-corrected chi connectivity index (χ1v) is 5.63. The van der Waals surface area contributed by atoms with Crippen molar-refractivity contribution in [3.8, 4) is 0 Å². The van der Waals surface area contributed by atoms with E-state index >= 15 is 0 Å². The van der Waals surface area contributed by atoms with E-state index in [1.807, 2.05) is 13.8 Å². The lowest BCUT2D eigenvalue weighted by molar-refractivity contribution is 0.358. The van der Waals surface area contributed by atoms with Crippen LogP contribution in [0.1, 0.15) is 20.3 Å². The number of hydrogen-bond acceptors (Lipinski definition) is 2. The zero-order valence-corrected chi connectivity index (χ0v) is 8.63. The molecule has 0 aromatic heterocycles. The average Bonchev–Trinajstić information content (AvgIpc) is 2.27. The van der Waals surface area contributed by atoms with E-state index in [1.54, 1.807) is 11.4 Å². The average molecular weight is 192 g/mol. The number of likely N-dealkylation sites (N-methyl/N-ethyl adjacent to an activating group) is 1. The molecule has 1 aliphatic heterocycles. The fraction of sp³-hybridized carbons (Fsp3) is 1.00. The molecule has 0 aliphatic carbocycles. The maximum Gasteiger partial charge on any atom is 0.282 e. The highest BCUT2D eigenvalue weighted by molar-refractivity contribution is 7.87. The Labute approximate surface area is 74.3 Å². The van der Waals surface area contributed by atoms with Crippen LogP contribution >= 0.6 is 0 Å². The number of rotatable bonds is 2. The van der Waals surface area contributed by atoms with Crippen molar-refractivity contribution < 1.29 is 8.42 Å². The second-order valence-electron chi connectivity index (χ2n) is 3.20. The third kappa shape index (κ3) is 1.48. The SMILES string of the molecule is CCC(C)N1CCN(C)S1(=O)=O. The molecule has 1 saturated heterocycles. The summed E-state index contributed by atoms with van der Waals surface area (Å²) < 4.78 is 26.1. The zero-order valence-electron chi connectivity index (χ0n) is 7.82. The first kappa shape index (κ1) is 9.95. The van der Waals surface area contributed by atoms with Gasteiger partial charge in [-0.15, -0.1) is 0 Å². The van der Waals surface area contributed by atoms with Gasteiger partial charge in [-0.25, -0.2) is 0 Å². The molecule has 1 unspecified atom stereocenters. The summed E-state index contributed by atoms with van der Waals surface area (Å²) in [5, 5.41) is 0. The minimum atomic E-state index is -3.11. The van der Waals surface area contributed by atoms with Crippen molar-refractivity contribution in [3.05, 3.63) is 0 Å². The molecular formula is C7H16N2O2S. The summed E-state index contributed by atoms with van der Waals surface area (Å²) in [5.74, 6) is 0. The molecule has 0 radical (unpaired) electrons. The lowest BCUT2D eigenvalue weighted by atomic mass is 10.2. The third-order valence-electron chi connectivity index (χ3n) is 2.41. The van der Waals surface area contributed by atoms with Crippen molar-refractivity contribution in [2.24, 2.45) is 0 Å². The fourth-order valence-electron chi connectivity index (χ4n) is 1.30. The van der Waals surface area contributed by atoms with Crippen LogP contribution in [0, 0.1) is 0 Å². The van der Waals surface area contributed by atoms with Gasteiger partial charge in [0.1, 0.15) is 0 Å². The lowest BCUT2D eigenvalue weighted by Gasteiger charge is -2.21. The zero-order chi connectivity index (χ0) is 9.35. The second-order valence-corrected chi connectivity index (χ2v) is 5.19. The molecule has 1 atom stereocenters. The maximum atomic E-state index is 11.5. The van der Waals surface area contributed by atoms with E-state index in [0.29, 0.717) is 13.1 Å². The molecule has 0 N–H and O–H groups in total. The molecule has 0 amide bonds. The summed E-state index contributed by atoms with van der Waals surface area (Å²) in [7, 11) is -1.49. The monoisotopic (exact) mass is 192 g/mol. The van der Waals surface area contributed by atoms with Crippen LogP contribution in [0.5, 0.6) is 0 Å². The Balaban J connectivity index is 2.82. The van der Waals surface area contributed by atoms with Crippen LogP contribution < -0.4 is 0 Å². The normalized spacial score (nSPS) is 27.6. The Morgan fingerprint density at radius 3 is 2.33 bits per heavy atom. The maximum absolute atomic E-state index is 11.5. The van der Waals surface area contributed by atoms with E-state index in [2.05, 4.69) is 0 Å². The highest BCUT2D eigenvalue weighted by Gasteiger charge is 2.35. The van der Waals surface area contributed by atoms with Gasteiger partial charge in [0.2, 0.25) is 0 Å². The van der Waals surface area contributed by atoms with Crippen molar-refractivity contribution in [3.63, 3.8) is 0 Å². The van der Waals surface area contributed by atoms with Gasteiger partial charge in [-0.2, -0.15) is 17.0 Å². The van der Waals surface area contributed by atoms with E-state index in [4.69, 9.17) is 0 Å². The molecule has 12 heavy (non-hydrogen) atoms. The van der Waals surface area contributed by atoms with Crippen molar-refractivity contribution in [2.75, 3.05) is 20.1 Å². The number of hydrogen-bond donors (Lipinski definition) is 0. The summed E-state index contributed by atoms with van der Waals surface area (Å²) in [6, 6.07) is 0.125. The van der Waals surface area contributed by atoms with Crippen molar-refractivity contribution in [2.45, 2.75) is 26.3 Å². The van der Waals surface area contributed by atoms with E-state index in [-0.39, 0.29) is 6.04 Å². The van der Waals surface area contributed by atoms with Gasteiger partial charge in [0.15, 0.2) is 0 Å². The van der Waals surface area contributed by atoms with Crippen LogP contribution in [-0.2, 0) is 10.2 Å². The minimum absolute atomic E-state index is 0.125. The Morgan fingerprint density at radius 1 is 1.42 bits per heavy atom. The predicted octanol–water partition coefficient (Wildman–Crippen LogP) is 0.277. The van der Waals surface area contributed by atoms with E-state index in [1.165, 1.54) is 4.31 Å². The Morgan fingerprint density at radius 2 is 2.00 bits per heavy atom. The van der Waals surface area contributed by atoms with Gasteiger partial charge < -0.3 is 0 Å². The van der Waals surface area contributed by atoms with Gasteiger partial charge in [-0.3, -0.25) is 0 Å². The van der Waals surface area contributed by atoms with Gasteiger partial charge in [0, 0.05) is 26.2 Å². The molecule has 4 nitrogen and oxygen atoms in total. The standard InChI is InChI=1S/C7H16N2O2S/c1-4-7(2)9-6-5-8(3)12(9,10)11/h7H,4-6H2,1-3H3. The molecule has 1 aliphatic rings. The van der Waals surface area contributed by atoms with E-state index in [0.717, 1.165) is 6.42 Å². The summed E-state index contributed by atoms with van der Waals surface area (Å²) >= 11 is 0. The quantitative estimate of drug-likeness (QED) is 0.630. The van der Waals surface area contributed by atoms with Crippen LogP contribution in [0.3, 0.4) is 0 Å². The minimum Gasteiger partial charge on any atom is -0.195 e. The van der Waals surface area contributed by atoms with E-state index < -0.39 is 10.2 Å². The lowest BCUT2D eigenvalue weighted by Crippen LogP contribution is -2.36. The largest absolute Gasteiger partial charge is 0.282 e. The molecule has 72 valence electrons. The van der Waals surface area contributed by atoms with Crippen LogP contribution in [0.4, 0.5) is 0 Å². The highest BCUT2D eigenvalue weighted by atomic mass is 32.2. The summed E-state index contributed by atoms with van der Waals surface area (Å²) in [6.07, 6.45) is 0.868. The van der Waals surface area contributed by atoms with Gasteiger partial charge in [-0.05, 0) is 13.3 Å². The van der Waals surface area contributed by atoms with Crippen LogP contribution in [0.2, 0.25) is 0 Å². The Bertz CT molecular complexity index is 250. The van der Waals surface area contributed by atoms with Gasteiger partial charge in [0.05, 0.1) is 0 Å². The van der Waals surface area contributed by atoms with Crippen LogP contribution in [0.25, 0.3) is 0 Å². The van der Waals surface area contributed by atoms with Crippen LogP contribution in [0.15, 0.2) is 0 Å². The topological polar surface area (TPSA) is 40.6 Å². The molecule has 0 bridgehead atoms. The highest BCUT2D eigenvalue weighted by Crippen LogP contribution is 2.18. The predicted molar refractivity (Wildman–Crippen MR) is 48.0 cm³/mol. The molecule has 5 heteroatoms. The molecule has 1 rings (SSSR count). The Hall–Kier alpha value is -0.130. The van der Waals surface area contributed by atoms with Crippen molar-refractivity contribution in [1.82, 2.24) is 8.61 Å². The fourth-order valence-corrected chi connectivity index (χ4v) is 2.89. The molecule has 0 spiro atoms. The van der Waals surface area contributed by atoms with E-state index in [9.17, 15) is 8.42 Å². The first-order chi connectivity index (χ1) is 5.50. The van der Waals surface area contributed by atoms with Gasteiger partial charge >= 0.3 is 0 Å². The molecule has 1 fully saturated rings. The molecule has 0 aromatic rings. The Kier molecular flexibility index (Phi) is 2.75.